The number of rotatable bonds is 3. The van der Waals surface area contributed by atoms with E-state index in [9.17, 15) is 9.59 Å². The molecule has 3 aromatic rings. The molecule has 0 aliphatic carbocycles. The van der Waals surface area contributed by atoms with Gasteiger partial charge in [-0.05, 0) is 24.3 Å². The highest BCUT2D eigenvalue weighted by Gasteiger charge is 2.20. The van der Waals surface area contributed by atoms with Gasteiger partial charge >= 0.3 is 0 Å². The van der Waals surface area contributed by atoms with E-state index in [1.165, 1.54) is 12.3 Å². The Balaban J connectivity index is 1.56. The lowest BCUT2D eigenvalue weighted by Gasteiger charge is -2.26. The fourth-order valence-corrected chi connectivity index (χ4v) is 3.02. The first-order valence-corrected chi connectivity index (χ1v) is 8.70. The highest BCUT2D eigenvalue weighted by molar-refractivity contribution is 6.09. The van der Waals surface area contributed by atoms with Crippen LogP contribution in [-0.4, -0.2) is 53.0 Å². The number of anilines is 1. The summed E-state index contributed by atoms with van der Waals surface area (Å²) in [5, 5.41) is 3.81. The Hall–Kier alpha value is -3.32. The Labute approximate surface area is 156 Å². The van der Waals surface area contributed by atoms with Crippen molar-refractivity contribution in [2.75, 3.05) is 31.6 Å². The first-order valence-electron chi connectivity index (χ1n) is 8.70. The topological polar surface area (TPSA) is 84.4 Å². The average Bonchev–Trinajstić information content (AvgIpc) is 2.74. The van der Waals surface area contributed by atoms with Crippen LogP contribution in [0.4, 0.5) is 5.69 Å². The molecule has 1 aliphatic heterocycles. The first kappa shape index (κ1) is 17.1. The molecule has 0 radical (unpaired) electrons. The van der Waals surface area contributed by atoms with Crippen molar-refractivity contribution >= 4 is 28.4 Å². The summed E-state index contributed by atoms with van der Waals surface area (Å²) in [6.45, 7) is 2.08. The number of nitrogens with one attached hydrogen (secondary N) is 1. The Morgan fingerprint density at radius 2 is 1.81 bits per heavy atom. The van der Waals surface area contributed by atoms with Gasteiger partial charge in [0.1, 0.15) is 5.69 Å². The number of carbonyl (C=O) groups is 2. The van der Waals surface area contributed by atoms with E-state index in [2.05, 4.69) is 15.3 Å². The summed E-state index contributed by atoms with van der Waals surface area (Å²) in [7, 11) is 0. The lowest BCUT2D eigenvalue weighted by Crippen LogP contribution is -2.41. The van der Waals surface area contributed by atoms with E-state index in [1.54, 1.807) is 23.2 Å². The zero-order valence-corrected chi connectivity index (χ0v) is 14.6. The number of aromatic nitrogens is 2. The van der Waals surface area contributed by atoms with Crippen molar-refractivity contribution < 1.29 is 14.3 Å². The second kappa shape index (κ2) is 7.51. The molecule has 0 saturated carbocycles. The fourth-order valence-electron chi connectivity index (χ4n) is 3.02. The van der Waals surface area contributed by atoms with E-state index in [1.807, 2.05) is 24.3 Å². The number of fused-ring (bicyclic) bond motifs is 1. The van der Waals surface area contributed by atoms with Crippen molar-refractivity contribution in [2.24, 2.45) is 0 Å². The van der Waals surface area contributed by atoms with Crippen LogP contribution in [0.2, 0.25) is 0 Å². The number of carbonyl (C=O) groups excluding carboxylic acids is 2. The zero-order chi connectivity index (χ0) is 18.6. The van der Waals surface area contributed by atoms with Gasteiger partial charge in [0.15, 0.2) is 0 Å². The molecular weight excluding hydrogens is 344 g/mol. The maximum atomic E-state index is 12.7. The SMILES string of the molecule is O=C(Nc1cccc2cccnc12)c1ccnc(C(=O)N2CCOCC2)c1. The van der Waals surface area contributed by atoms with Gasteiger partial charge in [-0.2, -0.15) is 0 Å². The molecule has 1 N–H and O–H groups in total. The fraction of sp³-hybridized carbons (Fsp3) is 0.200. The lowest BCUT2D eigenvalue weighted by atomic mass is 10.1. The molecule has 0 atom stereocenters. The smallest absolute Gasteiger partial charge is 0.272 e. The van der Waals surface area contributed by atoms with E-state index in [-0.39, 0.29) is 17.5 Å². The van der Waals surface area contributed by atoms with Crippen LogP contribution in [0.1, 0.15) is 20.8 Å². The number of pyridine rings is 2. The van der Waals surface area contributed by atoms with E-state index >= 15 is 0 Å². The summed E-state index contributed by atoms with van der Waals surface area (Å²) in [6, 6.07) is 12.5. The first-order chi connectivity index (χ1) is 13.2. The third-order valence-corrected chi connectivity index (χ3v) is 4.42. The summed E-state index contributed by atoms with van der Waals surface area (Å²) >= 11 is 0. The van der Waals surface area contributed by atoms with Gasteiger partial charge in [0.2, 0.25) is 0 Å². The number of ether oxygens (including phenoxy) is 1. The van der Waals surface area contributed by atoms with Gasteiger partial charge in [-0.25, -0.2) is 0 Å². The predicted octanol–water partition coefficient (Wildman–Crippen LogP) is 2.35. The largest absolute Gasteiger partial charge is 0.378 e. The van der Waals surface area contributed by atoms with Crippen molar-refractivity contribution in [2.45, 2.75) is 0 Å². The molecule has 27 heavy (non-hydrogen) atoms. The van der Waals surface area contributed by atoms with Gasteiger partial charge in [-0.1, -0.05) is 18.2 Å². The molecule has 136 valence electrons. The van der Waals surface area contributed by atoms with Crippen molar-refractivity contribution in [1.29, 1.82) is 0 Å². The molecule has 1 aliphatic rings. The number of hydrogen-bond donors (Lipinski definition) is 1. The molecule has 1 saturated heterocycles. The number of hydrogen-bond acceptors (Lipinski definition) is 5. The summed E-state index contributed by atoms with van der Waals surface area (Å²) < 4.78 is 5.26. The van der Waals surface area contributed by atoms with Crippen LogP contribution in [0.25, 0.3) is 10.9 Å². The Kier molecular flexibility index (Phi) is 4.76. The maximum absolute atomic E-state index is 12.7. The maximum Gasteiger partial charge on any atom is 0.272 e. The average molecular weight is 362 g/mol. The van der Waals surface area contributed by atoms with Crippen LogP contribution >= 0.6 is 0 Å². The Morgan fingerprint density at radius 1 is 1.00 bits per heavy atom. The third-order valence-electron chi connectivity index (χ3n) is 4.42. The lowest BCUT2D eigenvalue weighted by molar-refractivity contribution is 0.0299. The standard InChI is InChI=1S/C20H18N4O3/c25-19(23-16-5-1-3-14-4-2-7-22-18(14)16)15-6-8-21-17(13-15)20(26)24-9-11-27-12-10-24/h1-8,13H,9-12H2,(H,23,25). The molecular formula is C20H18N4O3. The molecule has 0 bridgehead atoms. The Morgan fingerprint density at radius 3 is 2.67 bits per heavy atom. The quantitative estimate of drug-likeness (QED) is 0.773. The second-order valence-electron chi connectivity index (χ2n) is 6.17. The van der Waals surface area contributed by atoms with Crippen LogP contribution < -0.4 is 5.32 Å². The molecule has 2 amide bonds. The second-order valence-corrected chi connectivity index (χ2v) is 6.17. The molecule has 0 unspecified atom stereocenters. The van der Waals surface area contributed by atoms with Crippen molar-refractivity contribution in [3.8, 4) is 0 Å². The van der Waals surface area contributed by atoms with Crippen LogP contribution in [0, 0.1) is 0 Å². The normalized spacial score (nSPS) is 14.1. The minimum absolute atomic E-state index is 0.195. The molecule has 1 fully saturated rings. The molecule has 0 spiro atoms. The van der Waals surface area contributed by atoms with Crippen LogP contribution in [0.3, 0.4) is 0 Å². The van der Waals surface area contributed by atoms with E-state index < -0.39 is 0 Å². The molecule has 4 rings (SSSR count). The van der Waals surface area contributed by atoms with Gasteiger partial charge in [0, 0.05) is 36.4 Å². The van der Waals surface area contributed by atoms with Crippen molar-refractivity contribution in [1.82, 2.24) is 14.9 Å². The highest BCUT2D eigenvalue weighted by Crippen LogP contribution is 2.21. The zero-order valence-electron chi connectivity index (χ0n) is 14.6. The number of benzene rings is 1. The van der Waals surface area contributed by atoms with Crippen LogP contribution in [-0.2, 0) is 4.74 Å². The number of para-hydroxylation sites is 1. The van der Waals surface area contributed by atoms with Gasteiger partial charge in [0.25, 0.3) is 11.8 Å². The van der Waals surface area contributed by atoms with Crippen molar-refractivity contribution in [3.63, 3.8) is 0 Å². The van der Waals surface area contributed by atoms with Crippen LogP contribution in [0.5, 0.6) is 0 Å². The van der Waals surface area contributed by atoms with Gasteiger partial charge in [0.05, 0.1) is 24.4 Å². The Bertz CT molecular complexity index is 994. The summed E-state index contributed by atoms with van der Waals surface area (Å²) in [5.74, 6) is -0.508. The van der Waals surface area contributed by atoms with E-state index in [0.29, 0.717) is 43.1 Å². The number of amides is 2. The minimum Gasteiger partial charge on any atom is -0.378 e. The number of nitrogens with zero attached hydrogens (tertiary/aromatic N) is 3. The van der Waals surface area contributed by atoms with Gasteiger partial charge < -0.3 is 15.0 Å². The molecule has 7 heteroatoms. The number of morpholine rings is 1. The highest BCUT2D eigenvalue weighted by atomic mass is 16.5. The molecule has 1 aromatic carbocycles. The van der Waals surface area contributed by atoms with Crippen LogP contribution in [0.15, 0.2) is 54.9 Å². The molecule has 2 aromatic heterocycles. The molecule has 7 nitrogen and oxygen atoms in total. The monoisotopic (exact) mass is 362 g/mol. The van der Waals surface area contributed by atoms with Crippen molar-refractivity contribution in [3.05, 3.63) is 66.1 Å². The molecule has 3 heterocycles. The third kappa shape index (κ3) is 3.63. The summed E-state index contributed by atoms with van der Waals surface area (Å²) in [6.07, 6.45) is 3.16. The van der Waals surface area contributed by atoms with Gasteiger partial charge in [-0.3, -0.25) is 19.6 Å². The van der Waals surface area contributed by atoms with E-state index in [0.717, 1.165) is 5.39 Å². The van der Waals surface area contributed by atoms with E-state index in [4.69, 9.17) is 4.74 Å². The summed E-state index contributed by atoms with van der Waals surface area (Å²) in [5.41, 5.74) is 1.96. The van der Waals surface area contributed by atoms with Gasteiger partial charge in [-0.15, -0.1) is 0 Å². The minimum atomic E-state index is -0.313. The predicted molar refractivity (Wildman–Crippen MR) is 101 cm³/mol. The summed E-state index contributed by atoms with van der Waals surface area (Å²) in [4.78, 5) is 35.4.